The molecule has 1 amide bonds. The number of hydrogen-bond acceptors (Lipinski definition) is 3. The number of nitrogens with zero attached hydrogens (tertiary/aromatic N) is 4. The summed E-state index contributed by atoms with van der Waals surface area (Å²) in [5.41, 5.74) is -0.767. The molecule has 0 atom stereocenters. The van der Waals surface area contributed by atoms with Crippen molar-refractivity contribution in [3.8, 4) is 0 Å². The van der Waals surface area contributed by atoms with Crippen LogP contribution in [0.1, 0.15) is 64.2 Å². The average molecular weight is 376 g/mol. The summed E-state index contributed by atoms with van der Waals surface area (Å²) >= 11 is 0. The normalized spacial score (nSPS) is 16.5. The minimum Gasteiger partial charge on any atom is -0.342 e. The predicted molar refractivity (Wildman–Crippen MR) is 90.6 cm³/mol. The second kappa shape index (κ2) is 8.26. The molecule has 0 radical (unpaired) electrons. The zero-order valence-electron chi connectivity index (χ0n) is 15.6. The van der Waals surface area contributed by atoms with E-state index >= 15 is 0 Å². The van der Waals surface area contributed by atoms with Crippen molar-refractivity contribution in [3.05, 3.63) is 16.3 Å². The summed E-state index contributed by atoms with van der Waals surface area (Å²) in [6, 6.07) is -0.412. The van der Waals surface area contributed by atoms with Crippen LogP contribution in [0.15, 0.2) is 4.79 Å². The van der Waals surface area contributed by atoms with Gasteiger partial charge in [-0.2, -0.15) is 13.2 Å². The van der Waals surface area contributed by atoms with E-state index in [9.17, 15) is 22.8 Å². The van der Waals surface area contributed by atoms with Gasteiger partial charge in [0.1, 0.15) is 0 Å². The molecule has 1 saturated heterocycles. The number of aromatic nitrogens is 3. The van der Waals surface area contributed by atoms with Gasteiger partial charge in [0.25, 0.3) is 0 Å². The summed E-state index contributed by atoms with van der Waals surface area (Å²) in [6.45, 7) is 4.98. The van der Waals surface area contributed by atoms with Gasteiger partial charge in [-0.3, -0.25) is 9.36 Å². The van der Waals surface area contributed by atoms with Gasteiger partial charge in [0.05, 0.1) is 6.04 Å². The van der Waals surface area contributed by atoms with E-state index in [1.165, 1.54) is 0 Å². The van der Waals surface area contributed by atoms with Crippen LogP contribution in [-0.2, 0) is 18.0 Å². The molecule has 1 aliphatic rings. The van der Waals surface area contributed by atoms with E-state index in [1.54, 1.807) is 4.90 Å². The number of rotatable bonds is 6. The number of halogens is 3. The maximum Gasteiger partial charge on any atom is 0.451 e. The number of carbonyl (C=O) groups excluding carboxylic acids is 1. The van der Waals surface area contributed by atoms with Crippen molar-refractivity contribution in [1.82, 2.24) is 19.2 Å². The smallest absolute Gasteiger partial charge is 0.342 e. The zero-order chi connectivity index (χ0) is 19.5. The van der Waals surface area contributed by atoms with Crippen molar-refractivity contribution in [2.24, 2.45) is 13.0 Å². The quantitative estimate of drug-likeness (QED) is 0.767. The Hall–Kier alpha value is -1.80. The minimum absolute atomic E-state index is 0.0101. The molecule has 0 bridgehead atoms. The highest BCUT2D eigenvalue weighted by atomic mass is 19.4. The molecule has 0 unspecified atom stereocenters. The van der Waals surface area contributed by atoms with E-state index in [1.807, 2.05) is 13.8 Å². The van der Waals surface area contributed by atoms with Crippen molar-refractivity contribution < 1.29 is 18.0 Å². The van der Waals surface area contributed by atoms with Crippen molar-refractivity contribution in [2.45, 2.75) is 64.6 Å². The van der Waals surface area contributed by atoms with Gasteiger partial charge in [-0.15, -0.1) is 5.10 Å². The second-order valence-corrected chi connectivity index (χ2v) is 6.94. The summed E-state index contributed by atoms with van der Waals surface area (Å²) in [7, 11) is 1.08. The molecule has 2 rings (SSSR count). The van der Waals surface area contributed by atoms with Crippen LogP contribution in [0.25, 0.3) is 0 Å². The van der Waals surface area contributed by atoms with Crippen LogP contribution in [0, 0.1) is 5.92 Å². The first-order valence-corrected chi connectivity index (χ1v) is 9.22. The first kappa shape index (κ1) is 20.5. The van der Waals surface area contributed by atoms with Gasteiger partial charge in [-0.05, 0) is 25.7 Å². The Labute approximate surface area is 151 Å². The van der Waals surface area contributed by atoms with Gasteiger partial charge in [0.2, 0.25) is 11.7 Å². The van der Waals surface area contributed by atoms with Gasteiger partial charge in [0.15, 0.2) is 0 Å². The highest BCUT2D eigenvalue weighted by Crippen LogP contribution is 2.28. The molecule has 1 aromatic heterocycles. The van der Waals surface area contributed by atoms with Crippen LogP contribution in [-0.4, -0.2) is 38.2 Å². The molecule has 1 fully saturated rings. The SMILES string of the molecule is CCCC(CCC)C(=O)N1CCC(n2nc(C(F)(F)F)n(C)c2=O)CC1. The first-order chi connectivity index (χ1) is 12.2. The highest BCUT2D eigenvalue weighted by molar-refractivity contribution is 5.78. The molecule has 1 aliphatic heterocycles. The molecular formula is C17H27F3N4O2. The molecule has 9 heteroatoms. The van der Waals surface area contributed by atoms with E-state index in [0.29, 0.717) is 30.5 Å². The lowest BCUT2D eigenvalue weighted by Crippen LogP contribution is -2.43. The molecule has 6 nitrogen and oxygen atoms in total. The van der Waals surface area contributed by atoms with Crippen LogP contribution in [0.3, 0.4) is 0 Å². The fourth-order valence-corrected chi connectivity index (χ4v) is 3.62. The van der Waals surface area contributed by atoms with Gasteiger partial charge in [-0.25, -0.2) is 9.48 Å². The zero-order valence-corrected chi connectivity index (χ0v) is 15.6. The van der Waals surface area contributed by atoms with Crippen LogP contribution in [0.2, 0.25) is 0 Å². The summed E-state index contributed by atoms with van der Waals surface area (Å²) in [5.74, 6) is -1.06. The predicted octanol–water partition coefficient (Wildman–Crippen LogP) is 2.98. The molecule has 0 N–H and O–H groups in total. The van der Waals surface area contributed by atoms with Crippen molar-refractivity contribution in [2.75, 3.05) is 13.1 Å². The fourth-order valence-electron chi connectivity index (χ4n) is 3.62. The third kappa shape index (κ3) is 4.29. The minimum atomic E-state index is -4.66. The maximum atomic E-state index is 12.9. The fraction of sp³-hybridized carbons (Fsp3) is 0.824. The van der Waals surface area contributed by atoms with E-state index in [-0.39, 0.29) is 11.8 Å². The lowest BCUT2D eigenvalue weighted by Gasteiger charge is -2.34. The Morgan fingerprint density at radius 2 is 1.73 bits per heavy atom. The standard InChI is InChI=1S/C17H27F3N4O2/c1-4-6-12(7-5-2)14(25)23-10-8-13(9-11-23)24-16(26)22(3)15(21-24)17(18,19)20/h12-13H,4-11H2,1-3H3. The summed E-state index contributed by atoms with van der Waals surface area (Å²) < 4.78 is 40.2. The second-order valence-electron chi connectivity index (χ2n) is 6.94. The molecule has 1 aromatic rings. The van der Waals surface area contributed by atoms with Crippen molar-refractivity contribution in [1.29, 1.82) is 0 Å². The average Bonchev–Trinajstić information content (AvgIpc) is 2.90. The van der Waals surface area contributed by atoms with E-state index in [2.05, 4.69) is 5.10 Å². The molecule has 148 valence electrons. The third-order valence-electron chi connectivity index (χ3n) is 5.00. The number of carbonyl (C=O) groups is 1. The van der Waals surface area contributed by atoms with Crippen LogP contribution in [0.5, 0.6) is 0 Å². The Balaban J connectivity index is 2.07. The number of hydrogen-bond donors (Lipinski definition) is 0. The summed E-state index contributed by atoms with van der Waals surface area (Å²) in [5, 5.41) is 3.51. The van der Waals surface area contributed by atoms with Crippen molar-refractivity contribution in [3.63, 3.8) is 0 Å². The highest BCUT2D eigenvalue weighted by Gasteiger charge is 2.39. The van der Waals surface area contributed by atoms with Gasteiger partial charge < -0.3 is 4.90 Å². The molecule has 0 aromatic carbocycles. The van der Waals surface area contributed by atoms with E-state index in [0.717, 1.165) is 37.4 Å². The van der Waals surface area contributed by atoms with Crippen LogP contribution >= 0.6 is 0 Å². The lowest BCUT2D eigenvalue weighted by molar-refractivity contribution is -0.147. The monoisotopic (exact) mass is 376 g/mol. The van der Waals surface area contributed by atoms with Crippen LogP contribution in [0.4, 0.5) is 13.2 Å². The number of alkyl halides is 3. The maximum absolute atomic E-state index is 12.9. The number of piperidine rings is 1. The Bertz CT molecular complexity index is 667. The topological polar surface area (TPSA) is 60.1 Å². The first-order valence-electron chi connectivity index (χ1n) is 9.22. The molecule has 2 heterocycles. The lowest BCUT2D eigenvalue weighted by atomic mass is 9.95. The summed E-state index contributed by atoms with van der Waals surface area (Å²) in [4.78, 5) is 26.6. The third-order valence-corrected chi connectivity index (χ3v) is 5.00. The number of amides is 1. The molecular weight excluding hydrogens is 349 g/mol. The van der Waals surface area contributed by atoms with Gasteiger partial charge in [-0.1, -0.05) is 26.7 Å². The Kier molecular flexibility index (Phi) is 6.52. The van der Waals surface area contributed by atoms with E-state index < -0.39 is 23.7 Å². The van der Waals surface area contributed by atoms with E-state index in [4.69, 9.17) is 0 Å². The number of likely N-dealkylation sites (tertiary alicyclic amines) is 1. The van der Waals surface area contributed by atoms with Crippen LogP contribution < -0.4 is 5.69 Å². The Morgan fingerprint density at radius 3 is 2.15 bits per heavy atom. The molecule has 0 saturated carbocycles. The Morgan fingerprint density at radius 1 is 1.19 bits per heavy atom. The molecule has 26 heavy (non-hydrogen) atoms. The molecule has 0 aliphatic carbocycles. The molecule has 0 spiro atoms. The summed E-state index contributed by atoms with van der Waals surface area (Å²) in [6.07, 6.45) is -0.214. The van der Waals surface area contributed by atoms with Gasteiger partial charge in [0, 0.05) is 26.1 Å². The largest absolute Gasteiger partial charge is 0.451 e. The van der Waals surface area contributed by atoms with Gasteiger partial charge >= 0.3 is 11.9 Å². The van der Waals surface area contributed by atoms with Crippen molar-refractivity contribution >= 4 is 5.91 Å².